The lowest BCUT2D eigenvalue weighted by Gasteiger charge is -2.11. The average Bonchev–Trinajstić information content (AvgIpc) is 3.35. The van der Waals surface area contributed by atoms with Crippen molar-refractivity contribution in [1.29, 1.82) is 0 Å². The lowest BCUT2D eigenvalue weighted by atomic mass is 10.1. The second-order valence-electron chi connectivity index (χ2n) is 7.42. The van der Waals surface area contributed by atoms with Gasteiger partial charge in [0.2, 0.25) is 6.79 Å². The lowest BCUT2D eigenvalue weighted by molar-refractivity contribution is -0.117. The molecule has 4 rings (SSSR count). The standard InChI is InChI=1S/C26H22BrN3O6/c1-33-21-9-8-16(11-22(21)34-2)10-20(29-25(31)17-6-4-3-5-7-17)26(32)30-28-14-18-12-23-24(13-19(18)27)36-15-35-23/h3-14H,15H2,1-2H3,(H,29,31)(H,30,32)/b20-10+,28-14-. The summed E-state index contributed by atoms with van der Waals surface area (Å²) in [6.45, 7) is 0.143. The summed E-state index contributed by atoms with van der Waals surface area (Å²) in [5.74, 6) is 1.14. The van der Waals surface area contributed by atoms with Crippen LogP contribution in [0.25, 0.3) is 6.08 Å². The van der Waals surface area contributed by atoms with E-state index >= 15 is 0 Å². The first-order valence-corrected chi connectivity index (χ1v) is 11.5. The Morgan fingerprint density at radius 2 is 1.69 bits per heavy atom. The molecule has 10 heteroatoms. The number of methoxy groups -OCH3 is 2. The largest absolute Gasteiger partial charge is 0.493 e. The smallest absolute Gasteiger partial charge is 0.287 e. The van der Waals surface area contributed by atoms with Gasteiger partial charge in [-0.1, -0.05) is 24.3 Å². The second-order valence-corrected chi connectivity index (χ2v) is 8.27. The van der Waals surface area contributed by atoms with Gasteiger partial charge in [0.1, 0.15) is 5.70 Å². The van der Waals surface area contributed by atoms with E-state index in [2.05, 4.69) is 31.8 Å². The molecular weight excluding hydrogens is 530 g/mol. The number of nitrogens with one attached hydrogen (secondary N) is 2. The molecule has 36 heavy (non-hydrogen) atoms. The maximum Gasteiger partial charge on any atom is 0.287 e. The Kier molecular flexibility index (Phi) is 7.86. The van der Waals surface area contributed by atoms with Crippen LogP contribution < -0.4 is 29.7 Å². The van der Waals surface area contributed by atoms with E-state index in [1.165, 1.54) is 26.5 Å². The molecule has 0 unspecified atom stereocenters. The van der Waals surface area contributed by atoms with E-state index in [0.29, 0.717) is 44.2 Å². The van der Waals surface area contributed by atoms with Crippen LogP contribution in [0.5, 0.6) is 23.0 Å². The Bertz CT molecular complexity index is 1340. The molecule has 2 amide bonds. The number of benzene rings is 3. The van der Waals surface area contributed by atoms with E-state index in [1.807, 2.05) is 0 Å². The highest BCUT2D eigenvalue weighted by Crippen LogP contribution is 2.36. The number of rotatable bonds is 8. The zero-order chi connectivity index (χ0) is 25.5. The molecule has 9 nitrogen and oxygen atoms in total. The topological polar surface area (TPSA) is 107 Å². The van der Waals surface area contributed by atoms with Gasteiger partial charge in [0, 0.05) is 15.6 Å². The number of carbonyl (C=O) groups is 2. The van der Waals surface area contributed by atoms with Crippen LogP contribution in [-0.4, -0.2) is 39.0 Å². The molecular formula is C26H22BrN3O6. The highest BCUT2D eigenvalue weighted by Gasteiger charge is 2.17. The van der Waals surface area contributed by atoms with Crippen LogP contribution in [0.15, 0.2) is 75.9 Å². The van der Waals surface area contributed by atoms with Gasteiger partial charge in [0.25, 0.3) is 11.8 Å². The van der Waals surface area contributed by atoms with Gasteiger partial charge in [-0.05, 0) is 64.0 Å². The summed E-state index contributed by atoms with van der Waals surface area (Å²) in [5.41, 5.74) is 4.11. The maximum absolute atomic E-state index is 13.0. The van der Waals surface area contributed by atoms with Crippen molar-refractivity contribution in [3.05, 3.63) is 87.5 Å². The highest BCUT2D eigenvalue weighted by atomic mass is 79.9. The van der Waals surface area contributed by atoms with Crippen LogP contribution >= 0.6 is 15.9 Å². The van der Waals surface area contributed by atoms with Gasteiger partial charge in [-0.25, -0.2) is 5.43 Å². The molecule has 1 heterocycles. The van der Waals surface area contributed by atoms with Crippen LogP contribution in [-0.2, 0) is 4.79 Å². The zero-order valence-electron chi connectivity index (χ0n) is 19.4. The number of hydrogen-bond donors (Lipinski definition) is 2. The number of amides is 2. The Balaban J connectivity index is 1.58. The molecule has 0 saturated carbocycles. The van der Waals surface area contributed by atoms with E-state index in [-0.39, 0.29) is 12.5 Å². The van der Waals surface area contributed by atoms with Crippen molar-refractivity contribution in [2.24, 2.45) is 5.10 Å². The minimum absolute atomic E-state index is 0.0158. The molecule has 1 aliphatic rings. The van der Waals surface area contributed by atoms with Crippen molar-refractivity contribution in [2.45, 2.75) is 0 Å². The molecule has 0 atom stereocenters. The quantitative estimate of drug-likeness (QED) is 0.248. The first kappa shape index (κ1) is 24.8. The van der Waals surface area contributed by atoms with E-state index in [0.717, 1.165) is 0 Å². The molecule has 0 aliphatic carbocycles. The third-order valence-electron chi connectivity index (χ3n) is 5.11. The molecule has 2 N–H and O–H groups in total. The molecule has 3 aromatic rings. The monoisotopic (exact) mass is 551 g/mol. The number of hydrogen-bond acceptors (Lipinski definition) is 7. The Hall–Kier alpha value is -4.31. The maximum atomic E-state index is 13.0. The molecule has 0 fully saturated rings. The van der Waals surface area contributed by atoms with Crippen LogP contribution in [0.4, 0.5) is 0 Å². The first-order valence-electron chi connectivity index (χ1n) is 10.7. The minimum Gasteiger partial charge on any atom is -0.493 e. The number of nitrogens with zero attached hydrogens (tertiary/aromatic N) is 1. The fourth-order valence-electron chi connectivity index (χ4n) is 3.30. The van der Waals surface area contributed by atoms with Crippen LogP contribution in [0.1, 0.15) is 21.5 Å². The number of ether oxygens (including phenoxy) is 4. The van der Waals surface area contributed by atoms with Crippen molar-refractivity contribution < 1.29 is 28.5 Å². The summed E-state index contributed by atoms with van der Waals surface area (Å²) >= 11 is 3.44. The third-order valence-corrected chi connectivity index (χ3v) is 5.80. The summed E-state index contributed by atoms with van der Waals surface area (Å²) < 4.78 is 22.0. The van der Waals surface area contributed by atoms with Gasteiger partial charge >= 0.3 is 0 Å². The van der Waals surface area contributed by atoms with Crippen molar-refractivity contribution in [2.75, 3.05) is 21.0 Å². The van der Waals surface area contributed by atoms with Crippen LogP contribution in [0.3, 0.4) is 0 Å². The van der Waals surface area contributed by atoms with E-state index in [4.69, 9.17) is 18.9 Å². The molecule has 1 aliphatic heterocycles. The molecule has 0 spiro atoms. The predicted molar refractivity (Wildman–Crippen MR) is 137 cm³/mol. The normalized spacial score (nSPS) is 12.4. The van der Waals surface area contributed by atoms with Gasteiger partial charge in [0.15, 0.2) is 23.0 Å². The summed E-state index contributed by atoms with van der Waals surface area (Å²) in [5, 5.41) is 6.70. The van der Waals surface area contributed by atoms with Crippen LogP contribution in [0.2, 0.25) is 0 Å². The van der Waals surface area contributed by atoms with E-state index in [9.17, 15) is 9.59 Å². The zero-order valence-corrected chi connectivity index (χ0v) is 21.0. The van der Waals surface area contributed by atoms with Gasteiger partial charge in [0.05, 0.1) is 20.4 Å². The first-order chi connectivity index (χ1) is 17.5. The predicted octanol–water partition coefficient (Wildman–Crippen LogP) is 4.12. The molecule has 0 radical (unpaired) electrons. The fraction of sp³-hybridized carbons (Fsp3) is 0.115. The van der Waals surface area contributed by atoms with Crippen molar-refractivity contribution in [3.8, 4) is 23.0 Å². The molecule has 3 aromatic carbocycles. The summed E-state index contributed by atoms with van der Waals surface area (Å²) in [7, 11) is 3.04. The summed E-state index contributed by atoms with van der Waals surface area (Å²) in [6.07, 6.45) is 2.97. The van der Waals surface area contributed by atoms with Crippen molar-refractivity contribution in [1.82, 2.24) is 10.7 Å². The fourth-order valence-corrected chi connectivity index (χ4v) is 3.73. The SMILES string of the molecule is COc1ccc(/C=C(/NC(=O)c2ccccc2)C(=O)N/N=C\c2cc3c(cc2Br)OCO3)cc1OC. The van der Waals surface area contributed by atoms with Gasteiger partial charge < -0.3 is 24.3 Å². The molecule has 184 valence electrons. The highest BCUT2D eigenvalue weighted by molar-refractivity contribution is 9.10. The molecule has 0 bridgehead atoms. The second kappa shape index (κ2) is 11.4. The Labute approximate surface area is 215 Å². The van der Waals surface area contributed by atoms with Crippen molar-refractivity contribution in [3.63, 3.8) is 0 Å². The number of halogens is 1. The average molecular weight is 552 g/mol. The Morgan fingerprint density at radius 1 is 0.972 bits per heavy atom. The van der Waals surface area contributed by atoms with Crippen molar-refractivity contribution >= 4 is 40.0 Å². The minimum atomic E-state index is -0.623. The van der Waals surface area contributed by atoms with Gasteiger partial charge in [-0.3, -0.25) is 9.59 Å². The summed E-state index contributed by atoms with van der Waals surface area (Å²) in [4.78, 5) is 25.8. The van der Waals surface area contributed by atoms with E-state index in [1.54, 1.807) is 60.7 Å². The number of fused-ring (bicyclic) bond motifs is 1. The lowest BCUT2D eigenvalue weighted by Crippen LogP contribution is -2.32. The van der Waals surface area contributed by atoms with Crippen LogP contribution in [0, 0.1) is 0 Å². The molecule has 0 aromatic heterocycles. The molecule has 0 saturated heterocycles. The van der Waals surface area contributed by atoms with E-state index < -0.39 is 11.8 Å². The number of carbonyl (C=O) groups excluding carboxylic acids is 2. The third kappa shape index (κ3) is 5.84. The number of hydrazone groups is 1. The summed E-state index contributed by atoms with van der Waals surface area (Å²) in [6, 6.07) is 17.2. The van der Waals surface area contributed by atoms with Gasteiger partial charge in [-0.2, -0.15) is 5.10 Å². The van der Waals surface area contributed by atoms with Gasteiger partial charge in [-0.15, -0.1) is 0 Å². The Morgan fingerprint density at radius 3 is 2.42 bits per heavy atom.